The van der Waals surface area contributed by atoms with Gasteiger partial charge in [0.25, 0.3) is 0 Å². The molecule has 1 aliphatic heterocycles. The van der Waals surface area contributed by atoms with Crippen LogP contribution in [0.4, 0.5) is 0 Å². The molecule has 0 atom stereocenters. The Bertz CT molecular complexity index is 1390. The highest BCUT2D eigenvalue weighted by molar-refractivity contribution is 7.39. The molecule has 31 heavy (non-hydrogen) atoms. The SMILES string of the molecule is Cc1cc2ccccc2c2c1op(N1CCCCC1)oc1c(C)cc3ccccc3c12. The molecule has 3 nitrogen and oxygen atoms in total. The zero-order valence-corrected chi connectivity index (χ0v) is 18.9. The van der Waals surface area contributed by atoms with Crippen LogP contribution in [0.3, 0.4) is 0 Å². The number of benzene rings is 4. The predicted octanol–water partition coefficient (Wildman–Crippen LogP) is 8.34. The smallest absolute Gasteiger partial charge is 0.309 e. The minimum absolute atomic E-state index is 0.977. The highest BCUT2D eigenvalue weighted by Gasteiger charge is 2.20. The van der Waals surface area contributed by atoms with Crippen LogP contribution < -0.4 is 4.67 Å². The van der Waals surface area contributed by atoms with Crippen molar-refractivity contribution >= 4 is 51.6 Å². The van der Waals surface area contributed by atoms with Gasteiger partial charge in [0.2, 0.25) is 0 Å². The molecule has 0 unspecified atom stereocenters. The fourth-order valence-electron chi connectivity index (χ4n) is 5.00. The van der Waals surface area contributed by atoms with Crippen molar-refractivity contribution in [2.24, 2.45) is 0 Å². The molecule has 156 valence electrons. The van der Waals surface area contributed by atoms with Gasteiger partial charge in [-0.2, -0.15) is 0 Å². The van der Waals surface area contributed by atoms with Crippen molar-refractivity contribution in [1.29, 1.82) is 0 Å². The van der Waals surface area contributed by atoms with E-state index >= 15 is 0 Å². The normalized spacial score (nSPS) is 15.3. The molecule has 0 spiro atoms. The van der Waals surface area contributed by atoms with E-state index in [1.54, 1.807) is 0 Å². The standard InChI is InChI=1S/C27H26NO2P/c1-18-16-20-10-4-6-12-22(20)24-25-23-13-7-5-11-21(23)17-19(2)27(25)30-31(29-26(18)24)28-14-8-3-9-15-28/h4-7,10-13,16-17H,3,8-9,14-15H2,1-2H3. The molecule has 0 N–H and O–H groups in total. The lowest BCUT2D eigenvalue weighted by atomic mass is 9.95. The molecule has 0 aliphatic carbocycles. The Labute approximate surface area is 182 Å². The van der Waals surface area contributed by atoms with Crippen LogP contribution in [0.25, 0.3) is 43.5 Å². The molecular weight excluding hydrogens is 401 g/mol. The summed E-state index contributed by atoms with van der Waals surface area (Å²) in [6.07, 6.45) is 3.71. The van der Waals surface area contributed by atoms with E-state index in [0.717, 1.165) is 24.3 Å². The van der Waals surface area contributed by atoms with Gasteiger partial charge in [0.15, 0.2) is 0 Å². The molecule has 5 aromatic rings. The fourth-order valence-corrected chi connectivity index (χ4v) is 6.66. The van der Waals surface area contributed by atoms with Crippen molar-refractivity contribution < 1.29 is 8.39 Å². The van der Waals surface area contributed by atoms with Gasteiger partial charge in [0.1, 0.15) is 11.2 Å². The summed E-state index contributed by atoms with van der Waals surface area (Å²) in [6.45, 7) is 6.40. The topological polar surface area (TPSA) is 29.5 Å². The van der Waals surface area contributed by atoms with E-state index < -0.39 is 8.16 Å². The van der Waals surface area contributed by atoms with Crippen LogP contribution >= 0.6 is 8.16 Å². The number of rotatable bonds is 1. The first-order chi connectivity index (χ1) is 15.2. The number of nitrogens with zero attached hydrogens (tertiary/aromatic N) is 1. The van der Waals surface area contributed by atoms with E-state index in [9.17, 15) is 0 Å². The molecular formula is C27H26NO2P. The Hall–Kier alpha value is -2.74. The maximum atomic E-state index is 6.79. The Kier molecular flexibility index (Phi) is 4.56. The van der Waals surface area contributed by atoms with Crippen molar-refractivity contribution in [2.75, 3.05) is 17.8 Å². The number of hydrogen-bond donors (Lipinski definition) is 0. The Morgan fingerprint density at radius 1 is 0.677 bits per heavy atom. The molecule has 1 aliphatic rings. The second-order valence-electron chi connectivity index (χ2n) is 8.67. The first-order valence-corrected chi connectivity index (χ1v) is 12.3. The maximum Gasteiger partial charge on any atom is 0.309 e. The number of aryl methyl sites for hydroxylation is 2. The van der Waals surface area contributed by atoms with Gasteiger partial charge in [-0.05, 0) is 71.5 Å². The predicted molar refractivity (Wildman–Crippen MR) is 133 cm³/mol. The van der Waals surface area contributed by atoms with Crippen LogP contribution in [-0.4, -0.2) is 13.1 Å². The van der Waals surface area contributed by atoms with Gasteiger partial charge in [-0.1, -0.05) is 55.0 Å². The van der Waals surface area contributed by atoms with Crippen molar-refractivity contribution in [2.45, 2.75) is 33.1 Å². The fraction of sp³-hybridized carbons (Fsp3) is 0.259. The summed E-state index contributed by atoms with van der Waals surface area (Å²) < 4.78 is 16.0. The average molecular weight is 427 g/mol. The second-order valence-corrected chi connectivity index (χ2v) is 10.1. The number of fused-ring (bicyclic) bond motifs is 7. The third-order valence-electron chi connectivity index (χ3n) is 6.53. The lowest BCUT2D eigenvalue weighted by Crippen LogP contribution is -2.26. The summed E-state index contributed by atoms with van der Waals surface area (Å²) >= 11 is 0. The number of piperidine rings is 1. The van der Waals surface area contributed by atoms with Crippen LogP contribution in [0.1, 0.15) is 30.4 Å². The van der Waals surface area contributed by atoms with E-state index in [1.165, 1.54) is 62.7 Å². The van der Waals surface area contributed by atoms with Gasteiger partial charge in [-0.15, -0.1) is 0 Å². The summed E-state index contributed by atoms with van der Waals surface area (Å²) in [6, 6.07) is 21.8. The van der Waals surface area contributed by atoms with E-state index in [2.05, 4.69) is 79.2 Å². The van der Waals surface area contributed by atoms with Gasteiger partial charge in [0.05, 0.1) is 0 Å². The molecule has 4 heteroatoms. The molecule has 0 amide bonds. The highest BCUT2D eigenvalue weighted by atomic mass is 31.1. The highest BCUT2D eigenvalue weighted by Crippen LogP contribution is 2.44. The Morgan fingerprint density at radius 3 is 1.68 bits per heavy atom. The van der Waals surface area contributed by atoms with Crippen molar-refractivity contribution in [3.8, 4) is 0 Å². The summed E-state index contributed by atoms with van der Waals surface area (Å²) in [5, 5.41) is 7.27. The molecule has 6 rings (SSSR count). The summed E-state index contributed by atoms with van der Waals surface area (Å²) in [5.41, 5.74) is 4.29. The molecule has 1 aromatic heterocycles. The monoisotopic (exact) mass is 427 g/mol. The molecule has 2 heterocycles. The van der Waals surface area contributed by atoms with E-state index in [4.69, 9.17) is 8.39 Å². The van der Waals surface area contributed by atoms with Crippen LogP contribution in [0.5, 0.6) is 0 Å². The summed E-state index contributed by atoms with van der Waals surface area (Å²) in [4.78, 5) is 0. The molecule has 1 saturated heterocycles. The summed E-state index contributed by atoms with van der Waals surface area (Å²) in [5.74, 6) is 0. The largest absolute Gasteiger partial charge is 0.407 e. The Balaban J connectivity index is 1.91. The van der Waals surface area contributed by atoms with Crippen LogP contribution in [0.15, 0.2) is 69.1 Å². The second kappa shape index (κ2) is 7.44. The van der Waals surface area contributed by atoms with E-state index in [1.807, 2.05) is 0 Å². The third kappa shape index (κ3) is 3.07. The van der Waals surface area contributed by atoms with Crippen molar-refractivity contribution in [1.82, 2.24) is 0 Å². The lowest BCUT2D eigenvalue weighted by molar-refractivity contribution is 0.559. The quantitative estimate of drug-likeness (QED) is 0.269. The van der Waals surface area contributed by atoms with Crippen molar-refractivity contribution in [3.05, 3.63) is 71.8 Å². The third-order valence-corrected chi connectivity index (χ3v) is 8.07. The maximum absolute atomic E-state index is 6.79. The zero-order valence-electron chi connectivity index (χ0n) is 18.0. The van der Waals surface area contributed by atoms with Crippen LogP contribution in [0.2, 0.25) is 0 Å². The van der Waals surface area contributed by atoms with Gasteiger partial charge in [-0.25, -0.2) is 4.67 Å². The molecule has 4 aromatic carbocycles. The van der Waals surface area contributed by atoms with Crippen LogP contribution in [-0.2, 0) is 0 Å². The molecule has 0 saturated carbocycles. The minimum Gasteiger partial charge on any atom is -0.407 e. The molecule has 0 bridgehead atoms. The molecule has 1 fully saturated rings. The van der Waals surface area contributed by atoms with Gasteiger partial charge >= 0.3 is 8.16 Å². The van der Waals surface area contributed by atoms with Crippen LogP contribution in [0, 0.1) is 13.8 Å². The first-order valence-electron chi connectivity index (χ1n) is 11.2. The van der Waals surface area contributed by atoms with E-state index in [0.29, 0.717) is 0 Å². The minimum atomic E-state index is -1.20. The summed E-state index contributed by atoms with van der Waals surface area (Å²) in [7, 11) is -1.20. The number of hydrogen-bond acceptors (Lipinski definition) is 3. The zero-order chi connectivity index (χ0) is 20.9. The van der Waals surface area contributed by atoms with Gasteiger partial charge < -0.3 is 8.39 Å². The van der Waals surface area contributed by atoms with Gasteiger partial charge in [-0.3, -0.25) is 0 Å². The lowest BCUT2D eigenvalue weighted by Gasteiger charge is -2.22. The first kappa shape index (κ1) is 19.0. The molecule has 0 radical (unpaired) electrons. The average Bonchev–Trinajstić information content (AvgIpc) is 2.99. The Morgan fingerprint density at radius 2 is 1.16 bits per heavy atom. The van der Waals surface area contributed by atoms with E-state index in [-0.39, 0.29) is 0 Å². The van der Waals surface area contributed by atoms with Crippen molar-refractivity contribution in [3.63, 3.8) is 0 Å². The van der Waals surface area contributed by atoms with Gasteiger partial charge in [0, 0.05) is 23.9 Å².